The Morgan fingerprint density at radius 2 is 1.35 bits per heavy atom. The van der Waals surface area contributed by atoms with Crippen LogP contribution >= 0.6 is 0 Å². The number of hydrogen-bond donors (Lipinski definition) is 3. The third-order valence-corrected chi connectivity index (χ3v) is 3.22. The molecule has 26 heavy (non-hydrogen) atoms. The number of rotatable bonds is 8. The van der Waals surface area contributed by atoms with E-state index in [4.69, 9.17) is 9.84 Å². The average Bonchev–Trinajstić information content (AvgIpc) is 2.47. The molecule has 0 radical (unpaired) electrons. The third kappa shape index (κ3) is 9.80. The van der Waals surface area contributed by atoms with Crippen LogP contribution in [0, 0.1) is 10.8 Å². The fourth-order valence-corrected chi connectivity index (χ4v) is 1.62. The Morgan fingerprint density at radius 1 is 0.885 bits per heavy atom. The molecule has 0 aromatic rings. The number of ether oxygens (including phenoxy) is 1. The number of carboxylic acid groups (broad SMARTS) is 1. The van der Waals surface area contributed by atoms with Crippen molar-refractivity contribution in [1.29, 1.82) is 0 Å². The average molecular weight is 370 g/mol. The topological polar surface area (TPSA) is 122 Å². The summed E-state index contributed by atoms with van der Waals surface area (Å²) in [5, 5.41) is 14.1. The van der Waals surface area contributed by atoms with Crippen molar-refractivity contribution in [3.8, 4) is 0 Å². The van der Waals surface area contributed by atoms with Crippen molar-refractivity contribution in [2.24, 2.45) is 10.8 Å². The quantitative estimate of drug-likeness (QED) is 0.336. The van der Waals surface area contributed by atoms with Gasteiger partial charge in [-0.2, -0.15) is 0 Å². The monoisotopic (exact) mass is 370 g/mol. The van der Waals surface area contributed by atoms with E-state index in [-0.39, 0.29) is 43.5 Å². The predicted octanol–water partition coefficient (Wildman–Crippen LogP) is 1.26. The van der Waals surface area contributed by atoms with E-state index >= 15 is 0 Å². The second-order valence-electron chi connectivity index (χ2n) is 7.91. The lowest BCUT2D eigenvalue weighted by molar-refractivity contribution is -0.140. The van der Waals surface area contributed by atoms with E-state index in [9.17, 15) is 19.2 Å². The van der Waals surface area contributed by atoms with Crippen LogP contribution in [0.3, 0.4) is 0 Å². The van der Waals surface area contributed by atoms with Gasteiger partial charge in [-0.05, 0) is 6.42 Å². The minimum Gasteiger partial charge on any atom is -0.478 e. The van der Waals surface area contributed by atoms with Gasteiger partial charge in [0.25, 0.3) is 0 Å². The highest BCUT2D eigenvalue weighted by Gasteiger charge is 2.22. The number of carbonyl (C=O) groups excluding carboxylic acids is 3. The van der Waals surface area contributed by atoms with Crippen molar-refractivity contribution in [2.45, 2.75) is 48.0 Å². The van der Waals surface area contributed by atoms with E-state index in [2.05, 4.69) is 10.6 Å². The van der Waals surface area contributed by atoms with Gasteiger partial charge in [0.1, 0.15) is 6.61 Å². The molecule has 0 rings (SSSR count). The van der Waals surface area contributed by atoms with Crippen molar-refractivity contribution in [3.05, 3.63) is 11.6 Å². The summed E-state index contributed by atoms with van der Waals surface area (Å²) in [6, 6.07) is 0. The highest BCUT2D eigenvalue weighted by Crippen LogP contribution is 2.13. The lowest BCUT2D eigenvalue weighted by atomic mass is 9.95. The molecule has 0 saturated carbocycles. The van der Waals surface area contributed by atoms with Crippen LogP contribution < -0.4 is 10.6 Å². The number of carboxylic acids is 1. The Balaban J connectivity index is 4.52. The van der Waals surface area contributed by atoms with Gasteiger partial charge in [-0.25, -0.2) is 9.59 Å². The molecule has 8 nitrogen and oxygen atoms in total. The summed E-state index contributed by atoms with van der Waals surface area (Å²) < 4.78 is 4.99. The van der Waals surface area contributed by atoms with Gasteiger partial charge in [-0.15, -0.1) is 0 Å². The summed E-state index contributed by atoms with van der Waals surface area (Å²) in [6.07, 6.45) is 0.792. The molecule has 8 heteroatoms. The van der Waals surface area contributed by atoms with Crippen LogP contribution in [0.15, 0.2) is 11.6 Å². The highest BCUT2D eigenvalue weighted by atomic mass is 16.5. The molecule has 0 atom stereocenters. The fraction of sp³-hybridized carbons (Fsp3) is 0.667. The number of amides is 2. The van der Waals surface area contributed by atoms with Crippen molar-refractivity contribution in [2.75, 3.05) is 19.7 Å². The number of aliphatic carboxylic acids is 1. The number of nitrogens with one attached hydrogen (secondary N) is 2. The number of carbonyl (C=O) groups is 4. The fourth-order valence-electron chi connectivity index (χ4n) is 1.62. The molecule has 0 bridgehead atoms. The molecule has 0 aliphatic carbocycles. The van der Waals surface area contributed by atoms with Crippen molar-refractivity contribution < 1.29 is 29.0 Å². The molecule has 0 aliphatic heterocycles. The summed E-state index contributed by atoms with van der Waals surface area (Å²) in [4.78, 5) is 46.4. The molecule has 0 spiro atoms. The summed E-state index contributed by atoms with van der Waals surface area (Å²) >= 11 is 0. The lowest BCUT2D eigenvalue weighted by Gasteiger charge is -2.18. The smallest absolute Gasteiger partial charge is 0.334 e. The van der Waals surface area contributed by atoms with Gasteiger partial charge >= 0.3 is 11.9 Å². The summed E-state index contributed by atoms with van der Waals surface area (Å²) in [5.41, 5.74) is -1.19. The Labute approximate surface area is 154 Å². The van der Waals surface area contributed by atoms with Crippen LogP contribution in [0.1, 0.15) is 48.0 Å². The van der Waals surface area contributed by atoms with Gasteiger partial charge in [0, 0.05) is 29.0 Å². The zero-order valence-corrected chi connectivity index (χ0v) is 16.4. The normalized spacial score (nSPS) is 12.3. The Kier molecular flexibility index (Phi) is 9.03. The second kappa shape index (κ2) is 9.94. The van der Waals surface area contributed by atoms with E-state index < -0.39 is 22.8 Å². The van der Waals surface area contributed by atoms with Crippen molar-refractivity contribution in [3.63, 3.8) is 0 Å². The highest BCUT2D eigenvalue weighted by molar-refractivity contribution is 5.95. The molecular formula is C18H30N2O6. The summed E-state index contributed by atoms with van der Waals surface area (Å²) in [6.45, 7) is 10.7. The molecule has 0 aromatic carbocycles. The minimum absolute atomic E-state index is 0.0291. The first-order valence-corrected chi connectivity index (χ1v) is 8.42. The van der Waals surface area contributed by atoms with Crippen LogP contribution in [0.5, 0.6) is 0 Å². The van der Waals surface area contributed by atoms with Gasteiger partial charge in [0.15, 0.2) is 0 Å². The molecule has 0 saturated heterocycles. The first kappa shape index (κ1) is 23.6. The van der Waals surface area contributed by atoms with E-state index in [1.807, 2.05) is 0 Å². The molecule has 0 heterocycles. The first-order valence-electron chi connectivity index (χ1n) is 8.42. The molecule has 2 amide bonds. The summed E-state index contributed by atoms with van der Waals surface area (Å²) in [5.74, 6) is -2.45. The molecule has 0 aliphatic rings. The Morgan fingerprint density at radius 3 is 1.77 bits per heavy atom. The van der Waals surface area contributed by atoms with Crippen LogP contribution in [-0.4, -0.2) is 48.6 Å². The second-order valence-corrected chi connectivity index (χ2v) is 7.91. The molecule has 0 fully saturated rings. The van der Waals surface area contributed by atoms with Crippen molar-refractivity contribution >= 4 is 23.8 Å². The molecule has 148 valence electrons. The predicted molar refractivity (Wildman–Crippen MR) is 96.2 cm³/mol. The third-order valence-electron chi connectivity index (χ3n) is 3.22. The first-order chi connectivity index (χ1) is 11.7. The van der Waals surface area contributed by atoms with Gasteiger partial charge in [-0.3, -0.25) is 9.59 Å². The zero-order chi connectivity index (χ0) is 20.5. The SMILES string of the molecule is CC(C)(C)C(=O)NCCOC(=O)C(=CC(=O)O)CCNC(=O)C(C)(C)C. The molecular weight excluding hydrogens is 340 g/mol. The van der Waals surface area contributed by atoms with E-state index in [0.29, 0.717) is 0 Å². The van der Waals surface area contributed by atoms with Gasteiger partial charge < -0.3 is 20.5 Å². The number of esters is 1. The number of hydrogen-bond acceptors (Lipinski definition) is 5. The van der Waals surface area contributed by atoms with Crippen LogP contribution in [0.25, 0.3) is 0 Å². The summed E-state index contributed by atoms with van der Waals surface area (Å²) in [7, 11) is 0. The molecule has 0 unspecified atom stereocenters. The largest absolute Gasteiger partial charge is 0.478 e. The maximum absolute atomic E-state index is 12.0. The van der Waals surface area contributed by atoms with Crippen molar-refractivity contribution in [1.82, 2.24) is 10.6 Å². The zero-order valence-electron chi connectivity index (χ0n) is 16.4. The Hall–Kier alpha value is -2.38. The molecule has 3 N–H and O–H groups in total. The Bertz CT molecular complexity index is 567. The van der Waals surface area contributed by atoms with Gasteiger partial charge in [0.2, 0.25) is 11.8 Å². The maximum Gasteiger partial charge on any atom is 0.334 e. The maximum atomic E-state index is 12.0. The van der Waals surface area contributed by atoms with Gasteiger partial charge in [0.05, 0.1) is 6.54 Å². The van der Waals surface area contributed by atoms with E-state index in [0.717, 1.165) is 6.08 Å². The van der Waals surface area contributed by atoms with E-state index in [1.54, 1.807) is 41.5 Å². The standard InChI is InChI=1S/C18H30N2O6/c1-17(2,3)15(24)19-8-7-12(11-13(21)22)14(23)26-10-9-20-16(25)18(4,5)6/h11H,7-10H2,1-6H3,(H,19,24)(H,20,25)(H,21,22). The van der Waals surface area contributed by atoms with Crippen LogP contribution in [-0.2, 0) is 23.9 Å². The van der Waals surface area contributed by atoms with Crippen LogP contribution in [0.2, 0.25) is 0 Å². The van der Waals surface area contributed by atoms with Gasteiger partial charge in [-0.1, -0.05) is 41.5 Å². The minimum atomic E-state index is -1.28. The van der Waals surface area contributed by atoms with Crippen LogP contribution in [0.4, 0.5) is 0 Å². The van der Waals surface area contributed by atoms with E-state index in [1.165, 1.54) is 0 Å². The molecule has 0 aromatic heterocycles. The lowest BCUT2D eigenvalue weighted by Crippen LogP contribution is -2.37.